The highest BCUT2D eigenvalue weighted by atomic mass is 35.5. The van der Waals surface area contributed by atoms with E-state index in [1.54, 1.807) is 0 Å². The van der Waals surface area contributed by atoms with E-state index in [1.165, 1.54) is 38.5 Å². The smallest absolute Gasteiger partial charge is 0.227 e. The van der Waals surface area contributed by atoms with Gasteiger partial charge in [-0.2, -0.15) is 4.98 Å². The minimum Gasteiger partial charge on any atom is -0.339 e. The summed E-state index contributed by atoms with van der Waals surface area (Å²) in [5, 5.41) is 3.91. The number of hydrogen-bond acceptors (Lipinski definition) is 3. The van der Waals surface area contributed by atoms with E-state index in [2.05, 4.69) is 10.1 Å². The molecule has 4 saturated carbocycles. The Morgan fingerprint density at radius 1 is 1.11 bits per heavy atom. The molecule has 4 aliphatic rings. The molecule has 0 aliphatic heterocycles. The van der Waals surface area contributed by atoms with Crippen molar-refractivity contribution in [1.29, 1.82) is 0 Å². The van der Waals surface area contributed by atoms with Gasteiger partial charge < -0.3 is 4.52 Å². The fraction of sp³-hybridized carbons (Fsp3) is 0.857. The van der Waals surface area contributed by atoms with Gasteiger partial charge in [0, 0.05) is 6.42 Å². The van der Waals surface area contributed by atoms with Crippen molar-refractivity contribution in [1.82, 2.24) is 10.1 Å². The average molecular weight is 267 g/mol. The number of nitrogens with zero attached hydrogens (tertiary/aromatic N) is 2. The second-order valence-electron chi connectivity index (χ2n) is 6.83. The van der Waals surface area contributed by atoms with Crippen molar-refractivity contribution in [3.05, 3.63) is 11.7 Å². The van der Waals surface area contributed by atoms with Crippen LogP contribution in [-0.4, -0.2) is 10.1 Å². The van der Waals surface area contributed by atoms with Crippen LogP contribution in [0, 0.1) is 23.2 Å². The summed E-state index contributed by atoms with van der Waals surface area (Å²) in [5.41, 5.74) is 0.477. The zero-order valence-corrected chi connectivity index (χ0v) is 11.3. The standard InChI is InChI=1S/C14H19ClN2O/c15-8-12-16-13(18-17-12)7-14-4-9-1-10(5-14)3-11(2-9)6-14/h9-11H,1-8H2. The SMILES string of the molecule is ClCc1noc(CC23CC4CC(CC(C4)C2)C3)n1. The molecule has 1 aromatic heterocycles. The molecule has 5 rings (SSSR count). The van der Waals surface area contributed by atoms with Crippen molar-refractivity contribution in [2.75, 3.05) is 0 Å². The second kappa shape index (κ2) is 3.96. The molecule has 0 unspecified atom stereocenters. The summed E-state index contributed by atoms with van der Waals surface area (Å²) >= 11 is 5.73. The molecule has 0 atom stereocenters. The van der Waals surface area contributed by atoms with Gasteiger partial charge in [-0.15, -0.1) is 11.6 Å². The Hall–Kier alpha value is -0.570. The molecule has 4 aliphatic carbocycles. The van der Waals surface area contributed by atoms with Crippen LogP contribution in [0.1, 0.15) is 50.2 Å². The molecule has 18 heavy (non-hydrogen) atoms. The molecule has 4 fully saturated rings. The van der Waals surface area contributed by atoms with Crippen LogP contribution in [0.5, 0.6) is 0 Å². The van der Waals surface area contributed by atoms with E-state index in [4.69, 9.17) is 16.1 Å². The van der Waals surface area contributed by atoms with E-state index in [0.717, 1.165) is 30.1 Å². The fourth-order valence-electron chi connectivity index (χ4n) is 5.24. The summed E-state index contributed by atoms with van der Waals surface area (Å²) in [6.45, 7) is 0. The third-order valence-corrected chi connectivity index (χ3v) is 5.56. The molecule has 3 nitrogen and oxygen atoms in total. The van der Waals surface area contributed by atoms with Crippen LogP contribution in [0.3, 0.4) is 0 Å². The molecule has 0 radical (unpaired) electrons. The van der Waals surface area contributed by atoms with Crippen LogP contribution in [0.25, 0.3) is 0 Å². The molecule has 98 valence electrons. The lowest BCUT2D eigenvalue weighted by Gasteiger charge is -2.56. The van der Waals surface area contributed by atoms with Gasteiger partial charge in [0.25, 0.3) is 0 Å². The predicted octanol–water partition coefficient (Wildman–Crippen LogP) is 3.57. The Balaban J connectivity index is 1.56. The molecule has 1 aromatic rings. The maximum absolute atomic E-state index is 5.73. The van der Waals surface area contributed by atoms with Gasteiger partial charge in [-0.25, -0.2) is 0 Å². The normalized spacial score (nSPS) is 41.5. The molecule has 0 saturated heterocycles. The van der Waals surface area contributed by atoms with Crippen molar-refractivity contribution in [3.63, 3.8) is 0 Å². The summed E-state index contributed by atoms with van der Waals surface area (Å²) in [7, 11) is 0. The highest BCUT2D eigenvalue weighted by molar-refractivity contribution is 6.16. The first-order valence-electron chi connectivity index (χ1n) is 7.12. The van der Waals surface area contributed by atoms with Gasteiger partial charge in [-0.05, 0) is 61.7 Å². The number of hydrogen-bond donors (Lipinski definition) is 0. The maximum Gasteiger partial charge on any atom is 0.227 e. The first-order valence-corrected chi connectivity index (χ1v) is 7.65. The number of halogens is 1. The third kappa shape index (κ3) is 1.78. The van der Waals surface area contributed by atoms with Crippen LogP contribution < -0.4 is 0 Å². The summed E-state index contributed by atoms with van der Waals surface area (Å²) < 4.78 is 5.35. The van der Waals surface area contributed by atoms with Gasteiger partial charge in [0.05, 0.1) is 5.88 Å². The van der Waals surface area contributed by atoms with E-state index in [0.29, 0.717) is 17.1 Å². The average Bonchev–Trinajstić information content (AvgIpc) is 2.74. The zero-order valence-electron chi connectivity index (χ0n) is 10.6. The predicted molar refractivity (Wildman–Crippen MR) is 68.2 cm³/mol. The molecule has 0 aromatic carbocycles. The molecular formula is C14H19ClN2O. The van der Waals surface area contributed by atoms with Gasteiger partial charge in [-0.1, -0.05) is 5.16 Å². The minimum atomic E-state index is 0.352. The summed E-state index contributed by atoms with van der Waals surface area (Å²) in [5.74, 6) is 4.73. The summed E-state index contributed by atoms with van der Waals surface area (Å²) in [4.78, 5) is 4.40. The van der Waals surface area contributed by atoms with Gasteiger partial charge in [-0.3, -0.25) is 0 Å². The molecule has 4 heteroatoms. The van der Waals surface area contributed by atoms with Crippen molar-refractivity contribution in [3.8, 4) is 0 Å². The zero-order chi connectivity index (χ0) is 12.2. The fourth-order valence-corrected chi connectivity index (χ4v) is 5.35. The van der Waals surface area contributed by atoms with Gasteiger partial charge >= 0.3 is 0 Å². The van der Waals surface area contributed by atoms with Gasteiger partial charge in [0.15, 0.2) is 5.82 Å². The second-order valence-corrected chi connectivity index (χ2v) is 7.10. The highest BCUT2D eigenvalue weighted by Gasteiger charge is 2.51. The quantitative estimate of drug-likeness (QED) is 0.785. The van der Waals surface area contributed by atoms with Crippen molar-refractivity contribution in [2.24, 2.45) is 23.2 Å². The molecule has 0 N–H and O–H groups in total. The molecule has 4 bridgehead atoms. The minimum absolute atomic E-state index is 0.352. The number of rotatable bonds is 3. The van der Waals surface area contributed by atoms with Crippen molar-refractivity contribution < 1.29 is 4.52 Å². The topological polar surface area (TPSA) is 38.9 Å². The largest absolute Gasteiger partial charge is 0.339 e. The van der Waals surface area contributed by atoms with Crippen LogP contribution in [0.2, 0.25) is 0 Å². The third-order valence-electron chi connectivity index (χ3n) is 5.32. The molecular weight excluding hydrogens is 248 g/mol. The molecule has 1 heterocycles. The van der Waals surface area contributed by atoms with Crippen LogP contribution in [0.15, 0.2) is 4.52 Å². The van der Waals surface area contributed by atoms with E-state index < -0.39 is 0 Å². The first kappa shape index (κ1) is 11.3. The van der Waals surface area contributed by atoms with Crippen molar-refractivity contribution >= 4 is 11.6 Å². The lowest BCUT2D eigenvalue weighted by atomic mass is 9.49. The Morgan fingerprint density at radius 2 is 1.72 bits per heavy atom. The Kier molecular flexibility index (Phi) is 2.48. The van der Waals surface area contributed by atoms with E-state index in [9.17, 15) is 0 Å². The number of aromatic nitrogens is 2. The first-order chi connectivity index (χ1) is 8.75. The Bertz CT molecular complexity index is 421. The van der Waals surface area contributed by atoms with Gasteiger partial charge in [0.1, 0.15) is 0 Å². The van der Waals surface area contributed by atoms with Crippen LogP contribution in [-0.2, 0) is 12.3 Å². The van der Waals surface area contributed by atoms with Crippen LogP contribution >= 0.6 is 11.6 Å². The van der Waals surface area contributed by atoms with Gasteiger partial charge in [0.2, 0.25) is 5.89 Å². The van der Waals surface area contributed by atoms with E-state index >= 15 is 0 Å². The van der Waals surface area contributed by atoms with Crippen LogP contribution in [0.4, 0.5) is 0 Å². The summed E-state index contributed by atoms with van der Waals surface area (Å²) in [6.07, 6.45) is 9.59. The Morgan fingerprint density at radius 3 is 2.22 bits per heavy atom. The lowest BCUT2D eigenvalue weighted by molar-refractivity contribution is -0.0556. The highest BCUT2D eigenvalue weighted by Crippen LogP contribution is 2.60. The Labute approximate surface area is 112 Å². The molecule has 0 spiro atoms. The monoisotopic (exact) mass is 266 g/mol. The number of alkyl halides is 1. The maximum atomic E-state index is 5.73. The van der Waals surface area contributed by atoms with E-state index in [-0.39, 0.29) is 0 Å². The lowest BCUT2D eigenvalue weighted by Crippen LogP contribution is -2.47. The van der Waals surface area contributed by atoms with Crippen molar-refractivity contribution in [2.45, 2.75) is 50.8 Å². The summed E-state index contributed by atoms with van der Waals surface area (Å²) in [6, 6.07) is 0. The van der Waals surface area contributed by atoms with E-state index in [1.807, 2.05) is 0 Å². The molecule has 0 amide bonds.